The molecule has 7 heterocycles. The Labute approximate surface area is 773 Å². The van der Waals surface area contributed by atoms with Gasteiger partial charge in [-0.1, -0.05) is 192 Å². The topological polar surface area (TPSA) is 650 Å². The molecule has 7 aliphatic heterocycles. The van der Waals surface area contributed by atoms with Gasteiger partial charge in [0.25, 0.3) is 0 Å². The van der Waals surface area contributed by atoms with E-state index in [1.165, 1.54) is 122 Å². The summed E-state index contributed by atoms with van der Waals surface area (Å²) in [7, 11) is 0. The molecule has 7 aliphatic rings. The highest BCUT2D eigenvalue weighted by Crippen LogP contribution is 2.39. The highest BCUT2D eigenvalue weighted by Gasteiger charge is 2.60. The van der Waals surface area contributed by atoms with E-state index in [9.17, 15) is 121 Å². The Hall–Kier alpha value is -4.00. The SMILES string of the molecule is CCCCCCCC/C=C\CCCCCCCCCCCCCC(=O)N[C@@H](CO[C@@H]1OC(CO)[C@@H](O[C@@H]2OC(CO)[C@H](O)[C@H](O[C@@H]3OC(CO)[C@@H](O[C@@H]4OC(CO)[C@H](O)[C@H](O[C@@H]5OC(CO)[C@@H](O[C@@H]6OC(CO)[C@H](O)[C@H](O[C@@H]7OC(CO)[C@@H](O)[C@H](O)C7NC(C)=O)C6O)[C@H](O)C5NC(C)=O)C4O)[C@H](O)C3NC(C)=O)C2O)[C@H](O)C1O)[C@H](O)/C=C/CCCCCCCCCCCCC. The van der Waals surface area contributed by atoms with E-state index in [-0.39, 0.29) is 12.3 Å². The fraction of sp³-hybridized carbons (Fsp3) is 0.911. The summed E-state index contributed by atoms with van der Waals surface area (Å²) in [5, 5.41) is 236. The standard InChI is InChI=1S/C90H160N4O38/c1-6-8-10-12-14-16-18-20-21-22-23-24-25-26-27-29-31-33-35-37-39-41-62(106)94-53(54(105)40-38-36-34-32-30-28-19-17-15-13-11-9-7-2)49-119-87-74(115)73(114)80(61(48-101)126-87)129-90-77(118)83(69(110)58(45-98)123-90)132-86-65(93-52(5)104)72(113)79(60(47-100)125-86)128-89-76(117)82(68(109)57(44-97)122-89)131-85-64(92-51(4)103)71(112)78(59(46-99)124-85)127-88-75(116)81(67(108)56(43-96)121-88)130-84-63(91-50(3)102)70(111)66(107)55(42-95)120-84/h20-21,38,40,53-61,63-90,95-101,105,107-118H,6-19,22-37,39,41-49H2,1-5H3,(H,91,102)(H,92,103)(H,93,104)(H,94,106)/b21-20-,40-38+/t53-,54+,55?,56?,57?,58?,59?,60?,61?,63?,64?,65?,66+,67-,68-,69-,70+,71+,72+,73+,74?,75?,76?,77?,78+,79+,80+,81-,82-,83-,84-,85-,86-,87+,88-,89-,90-/m0/s1. The third-order valence-corrected chi connectivity index (χ3v) is 25.4. The Morgan fingerprint density at radius 1 is 0.295 bits per heavy atom. The highest BCUT2D eigenvalue weighted by molar-refractivity contribution is 5.76. The number of aliphatic hydroxyl groups excluding tert-OH is 20. The van der Waals surface area contributed by atoms with Crippen LogP contribution in [0.3, 0.4) is 0 Å². The number of rotatable bonds is 61. The molecule has 0 aliphatic carbocycles. The van der Waals surface area contributed by atoms with Crippen LogP contribution in [0.25, 0.3) is 0 Å². The second kappa shape index (κ2) is 61.5. The Morgan fingerprint density at radius 2 is 0.568 bits per heavy atom. The average Bonchev–Trinajstić information content (AvgIpc) is 0.766. The van der Waals surface area contributed by atoms with Gasteiger partial charge in [-0.05, 0) is 44.9 Å². The molecule has 0 spiro atoms. The molecule has 42 nitrogen and oxygen atoms in total. The summed E-state index contributed by atoms with van der Waals surface area (Å²) in [4.78, 5) is 51.9. The highest BCUT2D eigenvalue weighted by atomic mass is 16.8. The average molecular weight is 1910 g/mol. The summed E-state index contributed by atoms with van der Waals surface area (Å²) in [5.41, 5.74) is 0. The summed E-state index contributed by atoms with van der Waals surface area (Å²) >= 11 is 0. The molecule has 7 fully saturated rings. The monoisotopic (exact) mass is 1910 g/mol. The predicted molar refractivity (Wildman–Crippen MR) is 466 cm³/mol. The van der Waals surface area contributed by atoms with Gasteiger partial charge in [0, 0.05) is 27.2 Å². The van der Waals surface area contributed by atoms with Gasteiger partial charge < -0.3 is 190 Å². The fourth-order valence-corrected chi connectivity index (χ4v) is 17.7. The smallest absolute Gasteiger partial charge is 0.220 e. The lowest BCUT2D eigenvalue weighted by Gasteiger charge is -2.51. The zero-order valence-electron chi connectivity index (χ0n) is 77.2. The molecular formula is C90H160N4O38. The molecule has 0 aromatic rings. The van der Waals surface area contributed by atoms with E-state index in [0.29, 0.717) is 12.8 Å². The molecule has 768 valence electrons. The Bertz CT molecular complexity index is 3220. The van der Waals surface area contributed by atoms with Crippen LogP contribution in [0.2, 0.25) is 0 Å². The van der Waals surface area contributed by atoms with Crippen LogP contribution in [-0.4, -0.2) is 406 Å². The summed E-state index contributed by atoms with van der Waals surface area (Å²) in [6.07, 6.45) is -20.5. The maximum atomic E-state index is 13.6. The Balaban J connectivity index is 0.970. The molecule has 7 saturated heterocycles. The number of hydrogen-bond acceptors (Lipinski definition) is 38. The van der Waals surface area contributed by atoms with Crippen LogP contribution >= 0.6 is 0 Å². The molecule has 42 heteroatoms. The zero-order valence-corrected chi connectivity index (χ0v) is 77.2. The minimum atomic E-state index is -2.32. The van der Waals surface area contributed by atoms with Crippen molar-refractivity contribution in [3.8, 4) is 0 Å². The normalized spacial score (nSPS) is 36.9. The Morgan fingerprint density at radius 3 is 0.902 bits per heavy atom. The largest absolute Gasteiger partial charge is 0.394 e. The molecule has 0 bridgehead atoms. The number of unbranched alkanes of at least 4 members (excludes halogenated alkanes) is 28. The molecular weight excluding hydrogens is 1740 g/mol. The van der Waals surface area contributed by atoms with Gasteiger partial charge in [-0.2, -0.15) is 0 Å². The van der Waals surface area contributed by atoms with Crippen molar-refractivity contribution in [3.63, 3.8) is 0 Å². The third kappa shape index (κ3) is 35.1. The number of aliphatic hydroxyl groups is 20. The maximum Gasteiger partial charge on any atom is 0.220 e. The van der Waals surface area contributed by atoms with Crippen LogP contribution in [0.4, 0.5) is 0 Å². The minimum absolute atomic E-state index is 0.158. The molecule has 132 heavy (non-hydrogen) atoms. The number of ether oxygens (including phenoxy) is 14. The van der Waals surface area contributed by atoms with Crippen molar-refractivity contribution < 1.29 is 188 Å². The lowest BCUT2D eigenvalue weighted by Crippen LogP contribution is -2.71. The van der Waals surface area contributed by atoms with Crippen LogP contribution in [-0.2, 0) is 85.5 Å². The minimum Gasteiger partial charge on any atom is -0.394 e. The summed E-state index contributed by atoms with van der Waals surface area (Å²) in [6, 6.07) is -6.46. The number of allylic oxidation sites excluding steroid dienone is 3. The van der Waals surface area contributed by atoms with Gasteiger partial charge >= 0.3 is 0 Å². The van der Waals surface area contributed by atoms with E-state index in [2.05, 4.69) is 47.3 Å². The second-order valence-electron chi connectivity index (χ2n) is 36.0. The van der Waals surface area contributed by atoms with Gasteiger partial charge in [0.05, 0.1) is 65.0 Å². The summed E-state index contributed by atoms with van der Waals surface area (Å²) in [6.45, 7) is -0.221. The van der Waals surface area contributed by atoms with Crippen molar-refractivity contribution >= 4 is 23.6 Å². The first kappa shape index (κ1) is 115. The van der Waals surface area contributed by atoms with Gasteiger partial charge in [-0.3, -0.25) is 19.2 Å². The molecule has 0 aromatic heterocycles. The number of hydrogen-bond donors (Lipinski definition) is 24. The van der Waals surface area contributed by atoms with Crippen LogP contribution in [0.5, 0.6) is 0 Å². The molecule has 37 atom stereocenters. The molecule has 14 unspecified atom stereocenters. The summed E-state index contributed by atoms with van der Waals surface area (Å²) in [5.74, 6) is -2.92. The van der Waals surface area contributed by atoms with Crippen molar-refractivity contribution in [3.05, 3.63) is 24.3 Å². The van der Waals surface area contributed by atoms with E-state index in [0.717, 1.165) is 85.0 Å². The van der Waals surface area contributed by atoms with E-state index >= 15 is 0 Å². The first-order chi connectivity index (χ1) is 63.4. The molecule has 0 radical (unpaired) electrons. The van der Waals surface area contributed by atoms with Crippen molar-refractivity contribution in [2.45, 2.75) is 467 Å². The fourth-order valence-electron chi connectivity index (χ4n) is 17.7. The molecule has 0 saturated carbocycles. The second-order valence-corrected chi connectivity index (χ2v) is 36.0. The van der Waals surface area contributed by atoms with E-state index in [4.69, 9.17) is 66.3 Å². The van der Waals surface area contributed by atoms with Gasteiger partial charge in [-0.15, -0.1) is 0 Å². The van der Waals surface area contributed by atoms with E-state index in [1.807, 2.05) is 6.08 Å². The first-order valence-electron chi connectivity index (χ1n) is 48.1. The van der Waals surface area contributed by atoms with Gasteiger partial charge in [0.15, 0.2) is 44.0 Å². The number of carbonyl (C=O) groups is 4. The van der Waals surface area contributed by atoms with Crippen LogP contribution < -0.4 is 21.3 Å². The molecule has 24 N–H and O–H groups in total. The first-order valence-corrected chi connectivity index (χ1v) is 48.1. The number of nitrogens with one attached hydrogen (secondary N) is 4. The molecule has 7 rings (SSSR count). The lowest BCUT2D eigenvalue weighted by atomic mass is 9.93. The van der Waals surface area contributed by atoms with Crippen LogP contribution in [0.15, 0.2) is 24.3 Å². The third-order valence-electron chi connectivity index (χ3n) is 25.4. The zero-order chi connectivity index (χ0) is 96.5. The summed E-state index contributed by atoms with van der Waals surface area (Å²) < 4.78 is 83.3. The lowest BCUT2D eigenvalue weighted by molar-refractivity contribution is -0.388. The van der Waals surface area contributed by atoms with Gasteiger partial charge in [0.1, 0.15) is 171 Å². The van der Waals surface area contributed by atoms with Gasteiger partial charge in [0.2, 0.25) is 23.6 Å². The van der Waals surface area contributed by atoms with Crippen molar-refractivity contribution in [2.75, 3.05) is 52.9 Å². The maximum absolute atomic E-state index is 13.6. The Kier molecular flexibility index (Phi) is 53.6. The quantitative estimate of drug-likeness (QED) is 0.0224. The predicted octanol–water partition coefficient (Wildman–Crippen LogP) is -2.34. The van der Waals surface area contributed by atoms with Crippen LogP contribution in [0.1, 0.15) is 240 Å². The van der Waals surface area contributed by atoms with Crippen molar-refractivity contribution in [2.24, 2.45) is 0 Å². The molecule has 4 amide bonds. The van der Waals surface area contributed by atoms with E-state index in [1.54, 1.807) is 6.08 Å². The van der Waals surface area contributed by atoms with Crippen molar-refractivity contribution in [1.82, 2.24) is 21.3 Å². The van der Waals surface area contributed by atoms with E-state index < -0.39 is 297 Å². The van der Waals surface area contributed by atoms with Crippen LogP contribution in [0, 0.1) is 0 Å². The number of amides is 4. The number of carbonyl (C=O) groups excluding carboxylic acids is 4. The van der Waals surface area contributed by atoms with Gasteiger partial charge in [-0.25, -0.2) is 0 Å². The molecule has 0 aromatic carbocycles. The van der Waals surface area contributed by atoms with Crippen molar-refractivity contribution in [1.29, 1.82) is 0 Å².